The molecule has 0 aromatic heterocycles. The third kappa shape index (κ3) is 5.94. The molecule has 0 fully saturated rings. The lowest BCUT2D eigenvalue weighted by Gasteiger charge is -1.89. The van der Waals surface area contributed by atoms with Gasteiger partial charge >= 0.3 is 7.48 Å². The van der Waals surface area contributed by atoms with Gasteiger partial charge in [0.05, 0.1) is 0 Å². The van der Waals surface area contributed by atoms with Crippen LogP contribution in [0.2, 0.25) is 6.32 Å². The van der Waals surface area contributed by atoms with Crippen LogP contribution in [0.5, 0.6) is 0 Å². The smallest absolute Gasteiger partial charge is 0.282 e. The van der Waals surface area contributed by atoms with Crippen LogP contribution >= 0.6 is 0 Å². The highest BCUT2D eigenvalue weighted by molar-refractivity contribution is 6.26. The molecule has 0 atom stereocenters. The van der Waals surface area contributed by atoms with Gasteiger partial charge in [0.2, 0.25) is 0 Å². The van der Waals surface area contributed by atoms with Crippen molar-refractivity contribution < 1.29 is 15.1 Å². The van der Waals surface area contributed by atoms with Gasteiger partial charge < -0.3 is 0 Å². The van der Waals surface area contributed by atoms with Crippen molar-refractivity contribution in [3.05, 3.63) is 0 Å². The Morgan fingerprint density at radius 3 is 2.86 bits per heavy atom. The lowest BCUT2D eigenvalue weighted by molar-refractivity contribution is -0.442. The third-order valence-corrected chi connectivity index (χ3v) is 0.518. The summed E-state index contributed by atoms with van der Waals surface area (Å²) in [5.74, 6) is 0. The monoisotopic (exact) mass is 103 g/mol. The van der Waals surface area contributed by atoms with Crippen molar-refractivity contribution in [2.24, 2.45) is 0 Å². The quantitative estimate of drug-likeness (QED) is 0.248. The standard InChI is InChI=1S/C3H8BO3/c1-2-3-4-6-7-5/h5H,2-3H2,1H3. The van der Waals surface area contributed by atoms with E-state index in [2.05, 4.69) is 9.84 Å². The molecule has 0 rings (SSSR count). The van der Waals surface area contributed by atoms with E-state index in [1.54, 1.807) is 0 Å². The second-order valence-electron chi connectivity index (χ2n) is 1.13. The van der Waals surface area contributed by atoms with Gasteiger partial charge in [0.15, 0.2) is 0 Å². The molecule has 0 bridgehead atoms. The minimum atomic E-state index is 0.792. The van der Waals surface area contributed by atoms with E-state index in [0.29, 0.717) is 0 Å². The molecule has 0 spiro atoms. The summed E-state index contributed by atoms with van der Waals surface area (Å²) in [7, 11) is 1.39. The number of rotatable bonds is 4. The van der Waals surface area contributed by atoms with Crippen LogP contribution in [0.15, 0.2) is 0 Å². The highest BCUT2D eigenvalue weighted by Crippen LogP contribution is 1.84. The van der Waals surface area contributed by atoms with Crippen molar-refractivity contribution in [1.29, 1.82) is 0 Å². The zero-order valence-corrected chi connectivity index (χ0v) is 4.26. The van der Waals surface area contributed by atoms with E-state index in [1.165, 1.54) is 7.48 Å². The highest BCUT2D eigenvalue weighted by Gasteiger charge is 1.87. The van der Waals surface area contributed by atoms with Crippen LogP contribution in [0.4, 0.5) is 0 Å². The zero-order valence-electron chi connectivity index (χ0n) is 4.26. The molecule has 0 aliphatic carbocycles. The van der Waals surface area contributed by atoms with Gasteiger partial charge in [-0.25, -0.2) is 5.26 Å². The van der Waals surface area contributed by atoms with Gasteiger partial charge in [-0.1, -0.05) is 18.4 Å². The summed E-state index contributed by atoms with van der Waals surface area (Å²) in [6.45, 7) is 2.00. The Labute approximate surface area is 43.4 Å². The van der Waals surface area contributed by atoms with Crippen LogP contribution in [-0.4, -0.2) is 12.7 Å². The fraction of sp³-hybridized carbons (Fsp3) is 1.00. The SMILES string of the molecule is CCC[B]OOO. The molecule has 7 heavy (non-hydrogen) atoms. The first-order valence-corrected chi connectivity index (χ1v) is 2.20. The highest BCUT2D eigenvalue weighted by atomic mass is 17.5. The maximum atomic E-state index is 7.54. The molecular formula is C3H8BO3. The Hall–Kier alpha value is -0.0551. The summed E-state index contributed by atoms with van der Waals surface area (Å²) in [6, 6.07) is 0. The van der Waals surface area contributed by atoms with Crippen LogP contribution in [-0.2, 0) is 9.84 Å². The molecule has 0 saturated heterocycles. The maximum absolute atomic E-state index is 7.54. The van der Waals surface area contributed by atoms with Crippen LogP contribution < -0.4 is 0 Å². The van der Waals surface area contributed by atoms with Crippen molar-refractivity contribution >= 4 is 7.48 Å². The lowest BCUT2D eigenvalue weighted by Crippen LogP contribution is -1.94. The molecule has 0 amide bonds. The average molecular weight is 103 g/mol. The molecule has 4 heteroatoms. The Morgan fingerprint density at radius 2 is 2.43 bits per heavy atom. The first kappa shape index (κ1) is 6.94. The van der Waals surface area contributed by atoms with Gasteiger partial charge in [-0.05, 0) is 6.32 Å². The summed E-state index contributed by atoms with van der Waals surface area (Å²) in [5.41, 5.74) is 0. The van der Waals surface area contributed by atoms with Crippen LogP contribution in [0, 0.1) is 0 Å². The predicted molar refractivity (Wildman–Crippen MR) is 25.7 cm³/mol. The topological polar surface area (TPSA) is 38.7 Å². The van der Waals surface area contributed by atoms with Gasteiger partial charge in [-0.2, -0.15) is 0 Å². The van der Waals surface area contributed by atoms with E-state index in [1.807, 2.05) is 6.92 Å². The first-order valence-electron chi connectivity index (χ1n) is 2.20. The fourth-order valence-corrected chi connectivity index (χ4v) is 0.196. The van der Waals surface area contributed by atoms with Crippen molar-refractivity contribution in [1.82, 2.24) is 0 Å². The van der Waals surface area contributed by atoms with Crippen LogP contribution in [0.25, 0.3) is 0 Å². The van der Waals surface area contributed by atoms with E-state index in [0.717, 1.165) is 12.7 Å². The molecule has 41 valence electrons. The number of hydrogen-bond donors (Lipinski definition) is 1. The molecule has 0 aromatic rings. The van der Waals surface area contributed by atoms with Gasteiger partial charge in [0, 0.05) is 0 Å². The normalized spacial score (nSPS) is 8.86. The zero-order chi connectivity index (χ0) is 5.54. The first-order chi connectivity index (χ1) is 3.41. The van der Waals surface area contributed by atoms with Gasteiger partial charge in [0.25, 0.3) is 0 Å². The Kier molecular flexibility index (Phi) is 5.90. The Bertz CT molecular complexity index is 29.4. The molecule has 0 aromatic carbocycles. The fourth-order valence-electron chi connectivity index (χ4n) is 0.196. The molecular weight excluding hydrogens is 94.8 g/mol. The third-order valence-electron chi connectivity index (χ3n) is 0.518. The van der Waals surface area contributed by atoms with Crippen molar-refractivity contribution in [2.45, 2.75) is 19.7 Å². The summed E-state index contributed by atoms with van der Waals surface area (Å²) in [5, 5.41) is 10.8. The van der Waals surface area contributed by atoms with E-state index in [4.69, 9.17) is 5.26 Å². The second-order valence-corrected chi connectivity index (χ2v) is 1.13. The Balaban J connectivity index is 2.45. The van der Waals surface area contributed by atoms with Crippen LogP contribution in [0.3, 0.4) is 0 Å². The summed E-state index contributed by atoms with van der Waals surface area (Å²) < 4.78 is 0. The van der Waals surface area contributed by atoms with Crippen molar-refractivity contribution in [3.8, 4) is 0 Å². The predicted octanol–water partition coefficient (Wildman–Crippen LogP) is 0.855. The molecule has 0 heterocycles. The molecule has 0 aliphatic rings. The minimum absolute atomic E-state index is 0.792. The van der Waals surface area contributed by atoms with Crippen molar-refractivity contribution in [2.75, 3.05) is 0 Å². The molecule has 0 saturated carbocycles. The summed E-state index contributed by atoms with van der Waals surface area (Å²) >= 11 is 0. The van der Waals surface area contributed by atoms with E-state index in [9.17, 15) is 0 Å². The average Bonchev–Trinajstić information content (AvgIpc) is 1.69. The van der Waals surface area contributed by atoms with Crippen molar-refractivity contribution in [3.63, 3.8) is 0 Å². The Morgan fingerprint density at radius 1 is 1.71 bits per heavy atom. The van der Waals surface area contributed by atoms with E-state index < -0.39 is 0 Å². The second kappa shape index (κ2) is 5.94. The van der Waals surface area contributed by atoms with E-state index >= 15 is 0 Å². The van der Waals surface area contributed by atoms with Gasteiger partial charge in [-0.15, -0.1) is 0 Å². The molecule has 1 radical (unpaired) electrons. The summed E-state index contributed by atoms with van der Waals surface area (Å²) in [4.78, 5) is 4.00. The molecule has 0 aliphatic heterocycles. The maximum Gasteiger partial charge on any atom is 0.348 e. The van der Waals surface area contributed by atoms with E-state index in [-0.39, 0.29) is 0 Å². The minimum Gasteiger partial charge on any atom is -0.282 e. The van der Waals surface area contributed by atoms with Crippen LogP contribution in [0.1, 0.15) is 13.3 Å². The molecule has 1 N–H and O–H groups in total. The largest absolute Gasteiger partial charge is 0.348 e. The van der Waals surface area contributed by atoms with Gasteiger partial charge in [-0.3, -0.25) is 4.81 Å². The molecule has 0 unspecified atom stereocenters. The molecule has 3 nitrogen and oxygen atoms in total. The number of hydrogen-bond acceptors (Lipinski definition) is 3. The summed E-state index contributed by atoms with van der Waals surface area (Å²) in [6.07, 6.45) is 1.78. The van der Waals surface area contributed by atoms with Gasteiger partial charge in [0.1, 0.15) is 0 Å². The lowest BCUT2D eigenvalue weighted by atomic mass is 9.95.